The Bertz CT molecular complexity index is 1340. The molecule has 1 saturated heterocycles. The van der Waals surface area contributed by atoms with E-state index >= 15 is 0 Å². The van der Waals surface area contributed by atoms with Crippen LogP contribution in [-0.2, 0) is 18.8 Å². The van der Waals surface area contributed by atoms with Crippen molar-refractivity contribution in [1.29, 1.82) is 0 Å². The lowest BCUT2D eigenvalue weighted by Gasteiger charge is -2.41. The van der Waals surface area contributed by atoms with Gasteiger partial charge in [0, 0.05) is 50.2 Å². The summed E-state index contributed by atoms with van der Waals surface area (Å²) in [6, 6.07) is 10.2. The Kier molecular flexibility index (Phi) is 8.68. The maximum atomic E-state index is 13.5. The minimum absolute atomic E-state index is 0.0376. The lowest BCUT2D eigenvalue weighted by molar-refractivity contribution is -0.143. The van der Waals surface area contributed by atoms with Gasteiger partial charge in [-0.1, -0.05) is 36.4 Å². The number of nitrogens with zero attached hydrogens (tertiary/aromatic N) is 3. The van der Waals surface area contributed by atoms with Crippen LogP contribution in [0.1, 0.15) is 43.7 Å². The van der Waals surface area contributed by atoms with Gasteiger partial charge in [-0.15, -0.1) is 0 Å². The second-order valence-corrected chi connectivity index (χ2v) is 10.0. The summed E-state index contributed by atoms with van der Waals surface area (Å²) in [5, 5.41) is 0. The molecule has 1 fully saturated rings. The Morgan fingerprint density at radius 3 is 2.25 bits per heavy atom. The van der Waals surface area contributed by atoms with E-state index in [2.05, 4.69) is 9.88 Å². The Morgan fingerprint density at radius 1 is 0.950 bits per heavy atom. The van der Waals surface area contributed by atoms with E-state index < -0.39 is 41.0 Å². The van der Waals surface area contributed by atoms with Crippen molar-refractivity contribution < 1.29 is 31.1 Å². The summed E-state index contributed by atoms with van der Waals surface area (Å²) < 4.78 is 80.8. The van der Waals surface area contributed by atoms with Crippen LogP contribution < -0.4 is 0 Å². The number of hydrogen-bond acceptors (Lipinski definition) is 3. The normalized spacial score (nSPS) is 17.0. The summed E-state index contributed by atoms with van der Waals surface area (Å²) in [6.45, 7) is 5.46. The number of benzene rings is 2. The maximum absolute atomic E-state index is 13.5. The van der Waals surface area contributed by atoms with Gasteiger partial charge >= 0.3 is 12.4 Å². The predicted molar refractivity (Wildman–Crippen MR) is 141 cm³/mol. The van der Waals surface area contributed by atoms with Crippen LogP contribution in [0.4, 0.5) is 26.3 Å². The number of piperazine rings is 1. The average molecular weight is 562 g/mol. The number of hydrogen-bond donors (Lipinski definition) is 0. The van der Waals surface area contributed by atoms with Gasteiger partial charge in [-0.3, -0.25) is 14.7 Å². The molecule has 1 amide bonds. The number of halogens is 6. The van der Waals surface area contributed by atoms with E-state index in [1.807, 2.05) is 56.3 Å². The fourth-order valence-corrected chi connectivity index (χ4v) is 4.79. The third kappa shape index (κ3) is 7.29. The molecule has 0 bridgehead atoms. The minimum Gasteiger partial charge on any atom is -0.333 e. The van der Waals surface area contributed by atoms with Crippen molar-refractivity contribution in [3.63, 3.8) is 0 Å². The van der Waals surface area contributed by atoms with Crippen LogP contribution in [0.3, 0.4) is 0 Å². The molecule has 212 valence electrons. The first-order chi connectivity index (χ1) is 18.8. The van der Waals surface area contributed by atoms with Crippen LogP contribution >= 0.6 is 0 Å². The van der Waals surface area contributed by atoms with Gasteiger partial charge in [0.15, 0.2) is 0 Å². The molecule has 2 aromatic carbocycles. The van der Waals surface area contributed by atoms with Crippen LogP contribution in [0, 0.1) is 13.8 Å². The molecule has 10 heteroatoms. The molecule has 0 spiro atoms. The number of pyridine rings is 1. The van der Waals surface area contributed by atoms with Gasteiger partial charge in [-0.05, 0) is 66.8 Å². The third-order valence-corrected chi connectivity index (χ3v) is 7.06. The zero-order valence-electron chi connectivity index (χ0n) is 22.1. The molecule has 1 aromatic heterocycles. The molecule has 0 N–H and O–H groups in total. The van der Waals surface area contributed by atoms with Crippen molar-refractivity contribution in [2.45, 2.75) is 38.7 Å². The van der Waals surface area contributed by atoms with Crippen molar-refractivity contribution >= 4 is 12.0 Å². The lowest BCUT2D eigenvalue weighted by Crippen LogP contribution is -2.56. The molecule has 1 atom stereocenters. The second kappa shape index (κ2) is 11.8. The SMILES string of the molecule is Cc1ccc(C[C@@H]2CN(C/C=C/c3cccnc3)CCN2C(=O)c2cc(C(F)(F)F)cc(C(F)(F)F)c2)cc1C. The number of carbonyl (C=O) groups is 1. The van der Waals surface area contributed by atoms with Crippen LogP contribution in [0.5, 0.6) is 0 Å². The molecule has 2 heterocycles. The van der Waals surface area contributed by atoms with Gasteiger partial charge in [-0.25, -0.2) is 0 Å². The molecule has 0 unspecified atom stereocenters. The van der Waals surface area contributed by atoms with Gasteiger partial charge in [-0.2, -0.15) is 26.3 Å². The van der Waals surface area contributed by atoms with Gasteiger partial charge in [0.05, 0.1) is 11.1 Å². The lowest BCUT2D eigenvalue weighted by atomic mass is 9.97. The van der Waals surface area contributed by atoms with Crippen LogP contribution in [0.2, 0.25) is 0 Å². The first-order valence-corrected chi connectivity index (χ1v) is 12.8. The summed E-state index contributed by atoms with van der Waals surface area (Å²) in [5.74, 6) is -0.851. The molecule has 0 aliphatic carbocycles. The van der Waals surface area contributed by atoms with Crippen molar-refractivity contribution in [2.75, 3.05) is 26.2 Å². The standard InChI is InChI=1S/C30H29F6N3O/c1-20-7-8-23(13-21(20)2)14-27-19-38(10-4-6-22-5-3-9-37-18-22)11-12-39(27)28(40)24-15-25(29(31,32)33)17-26(16-24)30(34,35)36/h3-9,13,15-18,27H,10-12,14,19H2,1-2H3/b6-4+/t27-/m1/s1. The second-order valence-electron chi connectivity index (χ2n) is 10.0. The fourth-order valence-electron chi connectivity index (χ4n) is 4.79. The molecule has 4 rings (SSSR count). The van der Waals surface area contributed by atoms with Gasteiger partial charge in [0.2, 0.25) is 0 Å². The molecule has 3 aromatic rings. The number of alkyl halides is 6. The van der Waals surface area contributed by atoms with E-state index in [-0.39, 0.29) is 12.6 Å². The molecular weight excluding hydrogens is 532 g/mol. The number of aryl methyl sites for hydroxylation is 2. The first-order valence-electron chi connectivity index (χ1n) is 12.8. The molecule has 1 aliphatic rings. The van der Waals surface area contributed by atoms with Crippen molar-refractivity contribution in [3.8, 4) is 0 Å². The molecule has 0 radical (unpaired) electrons. The van der Waals surface area contributed by atoms with Crippen LogP contribution in [0.15, 0.2) is 67.0 Å². The summed E-state index contributed by atoms with van der Waals surface area (Å²) in [4.78, 5) is 21.1. The van der Waals surface area contributed by atoms with E-state index in [9.17, 15) is 31.1 Å². The van der Waals surface area contributed by atoms with Crippen molar-refractivity contribution in [2.24, 2.45) is 0 Å². The molecule has 40 heavy (non-hydrogen) atoms. The largest absolute Gasteiger partial charge is 0.416 e. The number of aromatic nitrogens is 1. The molecule has 4 nitrogen and oxygen atoms in total. The first kappa shape index (κ1) is 29.3. The average Bonchev–Trinajstić information content (AvgIpc) is 2.90. The predicted octanol–water partition coefficient (Wildman–Crippen LogP) is 6.82. The van der Waals surface area contributed by atoms with Gasteiger partial charge in [0.1, 0.15) is 0 Å². The van der Waals surface area contributed by atoms with Crippen LogP contribution in [-0.4, -0.2) is 52.9 Å². The van der Waals surface area contributed by atoms with E-state index in [0.29, 0.717) is 38.2 Å². The zero-order valence-corrected chi connectivity index (χ0v) is 22.1. The van der Waals surface area contributed by atoms with Gasteiger partial charge in [0.25, 0.3) is 5.91 Å². The Morgan fingerprint density at radius 2 is 1.65 bits per heavy atom. The zero-order chi connectivity index (χ0) is 29.1. The summed E-state index contributed by atoms with van der Waals surface area (Å²) >= 11 is 0. The van der Waals surface area contributed by atoms with Crippen LogP contribution in [0.25, 0.3) is 6.08 Å². The Hall–Kier alpha value is -3.66. The molecular formula is C30H29F6N3O. The maximum Gasteiger partial charge on any atom is 0.416 e. The summed E-state index contributed by atoms with van der Waals surface area (Å²) in [6.07, 6.45) is -2.38. The Balaban J connectivity index is 1.62. The van der Waals surface area contributed by atoms with Gasteiger partial charge < -0.3 is 4.90 Å². The van der Waals surface area contributed by atoms with E-state index in [4.69, 9.17) is 0 Å². The van der Waals surface area contributed by atoms with E-state index in [1.165, 1.54) is 4.90 Å². The van der Waals surface area contributed by atoms with Crippen molar-refractivity contribution in [1.82, 2.24) is 14.8 Å². The van der Waals surface area contributed by atoms with E-state index in [0.717, 1.165) is 22.3 Å². The number of carbonyl (C=O) groups excluding carboxylic acids is 1. The van der Waals surface area contributed by atoms with E-state index in [1.54, 1.807) is 12.4 Å². The van der Waals surface area contributed by atoms with Crippen molar-refractivity contribution in [3.05, 3.63) is 106 Å². The minimum atomic E-state index is -5.03. The third-order valence-electron chi connectivity index (χ3n) is 7.06. The highest BCUT2D eigenvalue weighted by Gasteiger charge is 2.39. The highest BCUT2D eigenvalue weighted by atomic mass is 19.4. The highest BCUT2D eigenvalue weighted by Crippen LogP contribution is 2.37. The summed E-state index contributed by atoms with van der Waals surface area (Å²) in [7, 11) is 0. The fraction of sp³-hybridized carbons (Fsp3) is 0.333. The summed E-state index contributed by atoms with van der Waals surface area (Å²) in [5.41, 5.74) is 0.358. The monoisotopic (exact) mass is 561 g/mol. The highest BCUT2D eigenvalue weighted by molar-refractivity contribution is 5.95. The molecule has 1 aliphatic heterocycles. The quantitative estimate of drug-likeness (QED) is 0.310. The molecule has 0 saturated carbocycles. The Labute approximate surface area is 228 Å². The number of amides is 1. The smallest absolute Gasteiger partial charge is 0.333 e. The topological polar surface area (TPSA) is 36.4 Å². The number of rotatable bonds is 6.